The lowest BCUT2D eigenvalue weighted by molar-refractivity contribution is 0.293. The highest BCUT2D eigenvalue weighted by Gasteiger charge is 2.30. The smallest absolute Gasteiger partial charge is 0.120 e. The number of aliphatic hydroxyl groups is 1. The van der Waals surface area contributed by atoms with Crippen molar-refractivity contribution >= 4 is 11.3 Å². The number of hydrogen-bond donors (Lipinski definition) is 1. The molecule has 0 bridgehead atoms. The molecular weight excluding hydrogens is 226 g/mol. The monoisotopic (exact) mass is 247 g/mol. The zero-order chi connectivity index (χ0) is 13.3. The third kappa shape index (κ3) is 2.10. The quantitative estimate of drug-likeness (QED) is 0.891. The lowest BCUT2D eigenvalue weighted by atomic mass is 9.89. The third-order valence-electron chi connectivity index (χ3n) is 3.51. The molecular formula is C15H21NO2. The van der Waals surface area contributed by atoms with Crippen molar-refractivity contribution < 1.29 is 9.84 Å². The van der Waals surface area contributed by atoms with Gasteiger partial charge in [-0.15, -0.1) is 0 Å². The third-order valence-corrected chi connectivity index (χ3v) is 3.51. The molecule has 18 heavy (non-hydrogen) atoms. The molecule has 0 saturated carbocycles. The Balaban J connectivity index is 2.56. The Morgan fingerprint density at radius 3 is 2.67 bits per heavy atom. The molecule has 1 aliphatic heterocycles. The van der Waals surface area contributed by atoms with Crippen molar-refractivity contribution in [1.82, 2.24) is 0 Å². The minimum absolute atomic E-state index is 0.0911. The number of fused-ring (bicyclic) bond motifs is 1. The van der Waals surface area contributed by atoms with E-state index in [1.807, 2.05) is 12.1 Å². The second-order valence-electron chi connectivity index (χ2n) is 5.24. The summed E-state index contributed by atoms with van der Waals surface area (Å²) < 4.78 is 5.30. The molecule has 98 valence electrons. The zero-order valence-electron chi connectivity index (χ0n) is 11.5. The van der Waals surface area contributed by atoms with E-state index in [-0.39, 0.29) is 12.1 Å². The Morgan fingerprint density at radius 2 is 2.06 bits per heavy atom. The minimum atomic E-state index is -0.0911. The van der Waals surface area contributed by atoms with E-state index in [2.05, 4.69) is 37.8 Å². The molecule has 0 aromatic heterocycles. The van der Waals surface area contributed by atoms with E-state index in [1.165, 1.54) is 11.1 Å². The summed E-state index contributed by atoms with van der Waals surface area (Å²) in [5, 5.41) is 9.28. The van der Waals surface area contributed by atoms with Crippen LogP contribution in [0.1, 0.15) is 26.3 Å². The second-order valence-corrected chi connectivity index (χ2v) is 5.24. The van der Waals surface area contributed by atoms with Crippen LogP contribution in [0.25, 0.3) is 5.57 Å². The summed E-state index contributed by atoms with van der Waals surface area (Å²) >= 11 is 0. The molecule has 1 N–H and O–H groups in total. The second kappa shape index (κ2) is 4.65. The van der Waals surface area contributed by atoms with Crippen LogP contribution >= 0.6 is 0 Å². The van der Waals surface area contributed by atoms with Gasteiger partial charge in [0, 0.05) is 23.9 Å². The molecule has 0 atom stereocenters. The van der Waals surface area contributed by atoms with Crippen LogP contribution in [-0.4, -0.2) is 30.9 Å². The maximum Gasteiger partial charge on any atom is 0.120 e. The van der Waals surface area contributed by atoms with Gasteiger partial charge in [0.15, 0.2) is 0 Å². The van der Waals surface area contributed by atoms with Crippen molar-refractivity contribution in [3.05, 3.63) is 29.8 Å². The first kappa shape index (κ1) is 13.0. The van der Waals surface area contributed by atoms with Gasteiger partial charge in [0.1, 0.15) is 5.75 Å². The van der Waals surface area contributed by atoms with Gasteiger partial charge in [-0.1, -0.05) is 6.08 Å². The van der Waals surface area contributed by atoms with Crippen LogP contribution in [0, 0.1) is 0 Å². The number of benzene rings is 1. The highest BCUT2D eigenvalue weighted by molar-refractivity contribution is 5.82. The molecule has 1 aliphatic rings. The Kier molecular flexibility index (Phi) is 3.35. The number of anilines is 1. The average molecular weight is 247 g/mol. The van der Waals surface area contributed by atoms with E-state index in [9.17, 15) is 5.11 Å². The Labute approximate surface area is 109 Å². The number of allylic oxidation sites excluding steroid dienone is 1. The number of ether oxygens (including phenoxy) is 1. The van der Waals surface area contributed by atoms with Gasteiger partial charge >= 0.3 is 0 Å². The summed E-state index contributed by atoms with van der Waals surface area (Å²) in [5.41, 5.74) is 3.52. The first-order valence-electron chi connectivity index (χ1n) is 6.26. The summed E-state index contributed by atoms with van der Waals surface area (Å²) in [6.07, 6.45) is 2.25. The van der Waals surface area contributed by atoms with Crippen molar-refractivity contribution in [2.45, 2.75) is 26.3 Å². The van der Waals surface area contributed by atoms with Gasteiger partial charge in [0.2, 0.25) is 0 Å². The maximum absolute atomic E-state index is 9.28. The summed E-state index contributed by atoms with van der Waals surface area (Å²) in [6, 6.07) is 6.11. The van der Waals surface area contributed by atoms with Crippen molar-refractivity contribution in [2.75, 3.05) is 25.2 Å². The summed E-state index contributed by atoms with van der Waals surface area (Å²) in [6.45, 7) is 7.22. The minimum Gasteiger partial charge on any atom is -0.497 e. The van der Waals surface area contributed by atoms with E-state index in [0.717, 1.165) is 11.4 Å². The maximum atomic E-state index is 9.28. The van der Waals surface area contributed by atoms with Crippen LogP contribution in [0.3, 0.4) is 0 Å². The Hall–Kier alpha value is -1.48. The SMILES string of the molecule is COc1ccc2c(c1)N(CCO)C(C)(C)C=C2C. The highest BCUT2D eigenvalue weighted by Crippen LogP contribution is 2.40. The Bertz CT molecular complexity index is 477. The van der Waals surface area contributed by atoms with Crippen molar-refractivity contribution in [1.29, 1.82) is 0 Å². The van der Waals surface area contributed by atoms with E-state index in [4.69, 9.17) is 4.74 Å². The molecule has 0 saturated heterocycles. The molecule has 0 amide bonds. The van der Waals surface area contributed by atoms with Gasteiger partial charge in [-0.05, 0) is 38.5 Å². The molecule has 3 heteroatoms. The van der Waals surface area contributed by atoms with E-state index >= 15 is 0 Å². The summed E-state index contributed by atoms with van der Waals surface area (Å²) in [5.74, 6) is 0.849. The van der Waals surface area contributed by atoms with Crippen LogP contribution in [0.4, 0.5) is 5.69 Å². The fraction of sp³-hybridized carbons (Fsp3) is 0.467. The van der Waals surface area contributed by atoms with Gasteiger partial charge in [0.25, 0.3) is 0 Å². The normalized spacial score (nSPS) is 17.2. The molecule has 0 unspecified atom stereocenters. The first-order chi connectivity index (χ1) is 8.49. The molecule has 0 aliphatic carbocycles. The number of β-amino-alcohol motifs (C(OH)–C–C–N with tert-alkyl or cyclic N) is 1. The zero-order valence-corrected chi connectivity index (χ0v) is 11.5. The number of nitrogens with zero attached hydrogens (tertiary/aromatic N) is 1. The van der Waals surface area contributed by atoms with Crippen molar-refractivity contribution in [2.24, 2.45) is 0 Å². The molecule has 0 fully saturated rings. The number of methoxy groups -OCH3 is 1. The van der Waals surface area contributed by atoms with Crippen molar-refractivity contribution in [3.8, 4) is 5.75 Å². The standard InChI is InChI=1S/C15H21NO2/c1-11-10-15(2,3)16(7-8-17)14-9-12(18-4)5-6-13(11)14/h5-6,9-10,17H,7-8H2,1-4H3. The highest BCUT2D eigenvalue weighted by atomic mass is 16.5. The average Bonchev–Trinajstić information content (AvgIpc) is 2.33. The Morgan fingerprint density at radius 1 is 1.33 bits per heavy atom. The predicted molar refractivity (Wildman–Crippen MR) is 75.2 cm³/mol. The molecule has 3 nitrogen and oxygen atoms in total. The van der Waals surface area contributed by atoms with E-state index < -0.39 is 0 Å². The van der Waals surface area contributed by atoms with Gasteiger partial charge in [-0.2, -0.15) is 0 Å². The van der Waals surface area contributed by atoms with Crippen LogP contribution < -0.4 is 9.64 Å². The topological polar surface area (TPSA) is 32.7 Å². The fourth-order valence-corrected chi connectivity index (χ4v) is 2.70. The number of hydrogen-bond acceptors (Lipinski definition) is 3. The summed E-state index contributed by atoms with van der Waals surface area (Å²) in [4.78, 5) is 2.22. The fourth-order valence-electron chi connectivity index (χ4n) is 2.70. The molecule has 0 radical (unpaired) electrons. The molecule has 1 aromatic carbocycles. The number of rotatable bonds is 3. The number of aliphatic hydroxyl groups excluding tert-OH is 1. The van der Waals surface area contributed by atoms with E-state index in [0.29, 0.717) is 6.54 Å². The van der Waals surface area contributed by atoms with Crippen molar-refractivity contribution in [3.63, 3.8) is 0 Å². The van der Waals surface area contributed by atoms with Crippen LogP contribution in [0.15, 0.2) is 24.3 Å². The molecule has 2 rings (SSSR count). The van der Waals surface area contributed by atoms with Crippen LogP contribution in [0.5, 0.6) is 5.75 Å². The van der Waals surface area contributed by atoms with Gasteiger partial charge in [-0.25, -0.2) is 0 Å². The van der Waals surface area contributed by atoms with E-state index in [1.54, 1.807) is 7.11 Å². The summed E-state index contributed by atoms with van der Waals surface area (Å²) in [7, 11) is 1.68. The molecule has 1 aromatic rings. The largest absolute Gasteiger partial charge is 0.497 e. The van der Waals surface area contributed by atoms with Crippen LogP contribution in [-0.2, 0) is 0 Å². The van der Waals surface area contributed by atoms with Crippen LogP contribution in [0.2, 0.25) is 0 Å². The van der Waals surface area contributed by atoms with Gasteiger partial charge in [0.05, 0.1) is 19.3 Å². The molecule has 0 spiro atoms. The predicted octanol–water partition coefficient (Wildman–Crippen LogP) is 2.69. The van der Waals surface area contributed by atoms with Gasteiger partial charge in [-0.3, -0.25) is 0 Å². The first-order valence-corrected chi connectivity index (χ1v) is 6.26. The lowest BCUT2D eigenvalue weighted by Crippen LogP contribution is -2.46. The molecule has 1 heterocycles. The van der Waals surface area contributed by atoms with Gasteiger partial charge < -0.3 is 14.7 Å². The lowest BCUT2D eigenvalue weighted by Gasteiger charge is -2.43.